The Morgan fingerprint density at radius 1 is 1.46 bits per heavy atom. The van der Waals surface area contributed by atoms with Gasteiger partial charge >= 0.3 is 0 Å². The predicted molar refractivity (Wildman–Crippen MR) is 52.8 cm³/mol. The summed E-state index contributed by atoms with van der Waals surface area (Å²) in [5.41, 5.74) is 2.16. The van der Waals surface area contributed by atoms with Crippen LogP contribution < -0.4 is 5.32 Å². The van der Waals surface area contributed by atoms with Crippen molar-refractivity contribution in [2.24, 2.45) is 0 Å². The minimum absolute atomic E-state index is 0.976. The first-order chi connectivity index (χ1) is 6.40. The van der Waals surface area contributed by atoms with Gasteiger partial charge in [-0.3, -0.25) is 0 Å². The summed E-state index contributed by atoms with van der Waals surface area (Å²) >= 11 is 0. The Morgan fingerprint density at radius 3 is 3.15 bits per heavy atom. The largest absolute Gasteiger partial charge is 0.319 e. The molecule has 0 amide bonds. The fourth-order valence-corrected chi connectivity index (χ4v) is 1.36. The normalized spacial score (nSPS) is 10.8. The number of hydrogen-bond donors (Lipinski definition) is 1. The van der Waals surface area contributed by atoms with Crippen LogP contribution in [0.5, 0.6) is 0 Å². The molecule has 0 saturated heterocycles. The summed E-state index contributed by atoms with van der Waals surface area (Å²) in [6, 6.07) is 6.03. The van der Waals surface area contributed by atoms with E-state index in [1.165, 1.54) is 0 Å². The zero-order chi connectivity index (χ0) is 9.10. The molecule has 2 aromatic heterocycles. The van der Waals surface area contributed by atoms with E-state index in [0.29, 0.717) is 0 Å². The molecule has 0 aliphatic heterocycles. The maximum absolute atomic E-state index is 4.47. The summed E-state index contributed by atoms with van der Waals surface area (Å²) in [6.45, 7) is 0.976. The summed E-state index contributed by atoms with van der Waals surface area (Å²) in [6.07, 6.45) is 5.08. The molecule has 0 bridgehead atoms. The quantitative estimate of drug-likeness (QED) is 0.756. The van der Waals surface area contributed by atoms with Gasteiger partial charge in [0.2, 0.25) is 0 Å². The summed E-state index contributed by atoms with van der Waals surface area (Å²) < 4.78 is 2.05. The molecule has 2 aromatic rings. The van der Waals surface area contributed by atoms with Gasteiger partial charge in [0.25, 0.3) is 0 Å². The number of nitrogens with one attached hydrogen (secondary N) is 1. The van der Waals surface area contributed by atoms with E-state index < -0.39 is 0 Å². The van der Waals surface area contributed by atoms with E-state index in [0.717, 1.165) is 24.3 Å². The first-order valence-electron chi connectivity index (χ1n) is 4.47. The number of fused-ring (bicyclic) bond motifs is 1. The van der Waals surface area contributed by atoms with Crippen molar-refractivity contribution in [2.45, 2.75) is 6.42 Å². The van der Waals surface area contributed by atoms with Crippen molar-refractivity contribution in [1.29, 1.82) is 0 Å². The molecule has 0 atom stereocenters. The van der Waals surface area contributed by atoms with Gasteiger partial charge in [0, 0.05) is 25.4 Å². The van der Waals surface area contributed by atoms with Gasteiger partial charge in [-0.25, -0.2) is 4.98 Å². The van der Waals surface area contributed by atoms with Crippen molar-refractivity contribution in [1.82, 2.24) is 14.7 Å². The van der Waals surface area contributed by atoms with E-state index >= 15 is 0 Å². The van der Waals surface area contributed by atoms with E-state index in [9.17, 15) is 0 Å². The van der Waals surface area contributed by atoms with Crippen LogP contribution >= 0.6 is 0 Å². The second kappa shape index (κ2) is 3.58. The highest BCUT2D eigenvalue weighted by atomic mass is 15.0. The van der Waals surface area contributed by atoms with Crippen molar-refractivity contribution in [3.8, 4) is 0 Å². The minimum Gasteiger partial charge on any atom is -0.319 e. The van der Waals surface area contributed by atoms with Gasteiger partial charge in [-0.15, -0.1) is 0 Å². The van der Waals surface area contributed by atoms with Crippen molar-refractivity contribution in [3.05, 3.63) is 36.3 Å². The monoisotopic (exact) mass is 175 g/mol. The fraction of sp³-hybridized carbons (Fsp3) is 0.300. The summed E-state index contributed by atoms with van der Waals surface area (Å²) in [5.74, 6) is 0. The molecule has 0 aliphatic carbocycles. The van der Waals surface area contributed by atoms with E-state index in [1.54, 1.807) is 0 Å². The zero-order valence-electron chi connectivity index (χ0n) is 7.70. The Bertz CT molecular complexity index is 359. The fourth-order valence-electron chi connectivity index (χ4n) is 1.36. The number of pyridine rings is 1. The average molecular weight is 175 g/mol. The molecule has 3 heteroatoms. The number of hydrogen-bond acceptors (Lipinski definition) is 2. The van der Waals surface area contributed by atoms with Gasteiger partial charge in [-0.05, 0) is 19.2 Å². The summed E-state index contributed by atoms with van der Waals surface area (Å²) in [7, 11) is 1.95. The van der Waals surface area contributed by atoms with Crippen LogP contribution in [0.25, 0.3) is 5.65 Å². The number of imidazole rings is 1. The number of nitrogens with zero attached hydrogens (tertiary/aromatic N) is 2. The van der Waals surface area contributed by atoms with Crippen LogP contribution in [0, 0.1) is 0 Å². The van der Waals surface area contributed by atoms with Crippen LogP contribution in [0.4, 0.5) is 0 Å². The molecule has 2 heterocycles. The van der Waals surface area contributed by atoms with Gasteiger partial charge < -0.3 is 9.72 Å². The average Bonchev–Trinajstić information content (AvgIpc) is 2.57. The molecule has 0 unspecified atom stereocenters. The zero-order valence-corrected chi connectivity index (χ0v) is 7.70. The highest BCUT2D eigenvalue weighted by molar-refractivity contribution is 5.39. The molecule has 0 radical (unpaired) electrons. The molecule has 1 N–H and O–H groups in total. The van der Waals surface area contributed by atoms with E-state index in [2.05, 4.69) is 16.5 Å². The lowest BCUT2D eigenvalue weighted by atomic mass is 10.3. The van der Waals surface area contributed by atoms with E-state index in [-0.39, 0.29) is 0 Å². The highest BCUT2D eigenvalue weighted by Crippen LogP contribution is 2.04. The second-order valence-electron chi connectivity index (χ2n) is 3.05. The lowest BCUT2D eigenvalue weighted by Crippen LogP contribution is -2.10. The van der Waals surface area contributed by atoms with Crippen LogP contribution in [-0.2, 0) is 6.42 Å². The maximum Gasteiger partial charge on any atom is 0.136 e. The second-order valence-corrected chi connectivity index (χ2v) is 3.05. The van der Waals surface area contributed by atoms with Crippen LogP contribution in [-0.4, -0.2) is 23.0 Å². The smallest absolute Gasteiger partial charge is 0.136 e. The number of likely N-dealkylation sites (N-methyl/N-ethyl adjacent to an activating group) is 1. The number of aromatic nitrogens is 2. The summed E-state index contributed by atoms with van der Waals surface area (Å²) in [4.78, 5) is 4.47. The SMILES string of the molecule is CNCCc1cn2ccccc2n1. The molecule has 0 aliphatic rings. The van der Waals surface area contributed by atoms with Crippen LogP contribution in [0.1, 0.15) is 5.69 Å². The van der Waals surface area contributed by atoms with Crippen molar-refractivity contribution < 1.29 is 0 Å². The lowest BCUT2D eigenvalue weighted by molar-refractivity contribution is 0.780. The Hall–Kier alpha value is -1.35. The molecule has 3 nitrogen and oxygen atoms in total. The highest BCUT2D eigenvalue weighted by Gasteiger charge is 1.98. The summed E-state index contributed by atoms with van der Waals surface area (Å²) in [5, 5.41) is 3.11. The third-order valence-electron chi connectivity index (χ3n) is 2.05. The van der Waals surface area contributed by atoms with Gasteiger partial charge in [-0.2, -0.15) is 0 Å². The van der Waals surface area contributed by atoms with Crippen molar-refractivity contribution >= 4 is 5.65 Å². The van der Waals surface area contributed by atoms with Gasteiger partial charge in [-0.1, -0.05) is 6.07 Å². The van der Waals surface area contributed by atoms with Crippen LogP contribution in [0.15, 0.2) is 30.6 Å². The molecule has 2 rings (SSSR count). The molecule has 0 aromatic carbocycles. The molecule has 13 heavy (non-hydrogen) atoms. The Balaban J connectivity index is 2.28. The first kappa shape index (κ1) is 8.26. The molecule has 0 saturated carbocycles. The van der Waals surface area contributed by atoms with Gasteiger partial charge in [0.1, 0.15) is 5.65 Å². The van der Waals surface area contributed by atoms with Crippen LogP contribution in [0.3, 0.4) is 0 Å². The minimum atomic E-state index is 0.976. The van der Waals surface area contributed by atoms with Crippen molar-refractivity contribution in [3.63, 3.8) is 0 Å². The Kier molecular flexibility index (Phi) is 2.27. The first-order valence-corrected chi connectivity index (χ1v) is 4.47. The molecule has 0 fully saturated rings. The van der Waals surface area contributed by atoms with Gasteiger partial charge in [0.15, 0.2) is 0 Å². The van der Waals surface area contributed by atoms with Crippen molar-refractivity contribution in [2.75, 3.05) is 13.6 Å². The maximum atomic E-state index is 4.47. The van der Waals surface area contributed by atoms with E-state index in [4.69, 9.17) is 0 Å². The third kappa shape index (κ3) is 1.70. The Labute approximate surface area is 77.4 Å². The third-order valence-corrected chi connectivity index (χ3v) is 2.05. The van der Waals surface area contributed by atoms with Gasteiger partial charge in [0.05, 0.1) is 5.69 Å². The van der Waals surface area contributed by atoms with E-state index in [1.807, 2.05) is 35.8 Å². The standard InChI is InChI=1S/C10H13N3/c1-11-6-5-9-8-13-7-3-2-4-10(13)12-9/h2-4,7-8,11H,5-6H2,1H3. The predicted octanol–water partition coefficient (Wildman–Crippen LogP) is 1.10. The van der Waals surface area contributed by atoms with Crippen LogP contribution in [0.2, 0.25) is 0 Å². The molecular weight excluding hydrogens is 162 g/mol. The molecule has 68 valence electrons. The molecule has 0 spiro atoms. The molecular formula is C10H13N3. The Morgan fingerprint density at radius 2 is 2.38 bits per heavy atom. The number of rotatable bonds is 3. The lowest BCUT2D eigenvalue weighted by Gasteiger charge is -1.92. The topological polar surface area (TPSA) is 29.3 Å².